The number of para-hydroxylation sites is 2. The maximum Gasteiger partial charge on any atom is 0.227 e. The van der Waals surface area contributed by atoms with Crippen LogP contribution in [-0.2, 0) is 4.79 Å². The molecule has 1 aliphatic rings. The van der Waals surface area contributed by atoms with E-state index in [-0.39, 0.29) is 11.8 Å². The lowest BCUT2D eigenvalue weighted by Gasteiger charge is -2.28. The first-order chi connectivity index (χ1) is 12.0. The molecule has 25 heavy (non-hydrogen) atoms. The van der Waals surface area contributed by atoms with Crippen molar-refractivity contribution in [2.45, 2.75) is 26.7 Å². The first-order valence-corrected chi connectivity index (χ1v) is 8.86. The van der Waals surface area contributed by atoms with Crippen molar-refractivity contribution in [1.82, 2.24) is 4.90 Å². The monoisotopic (exact) mass is 338 g/mol. The minimum atomic E-state index is 0.0745. The van der Waals surface area contributed by atoms with Gasteiger partial charge in [-0.1, -0.05) is 18.2 Å². The third-order valence-electron chi connectivity index (χ3n) is 4.66. The Kier molecular flexibility index (Phi) is 5.39. The van der Waals surface area contributed by atoms with Gasteiger partial charge in [-0.2, -0.15) is 0 Å². The van der Waals surface area contributed by atoms with Crippen molar-refractivity contribution in [1.29, 1.82) is 0 Å². The number of amides is 1. The van der Waals surface area contributed by atoms with Crippen molar-refractivity contribution in [3.63, 3.8) is 0 Å². The van der Waals surface area contributed by atoms with E-state index in [0.717, 1.165) is 48.5 Å². The highest BCUT2D eigenvalue weighted by molar-refractivity contribution is 5.94. The Morgan fingerprint density at radius 1 is 1.08 bits per heavy atom. The van der Waals surface area contributed by atoms with Crippen molar-refractivity contribution in [3.05, 3.63) is 53.6 Å². The maximum atomic E-state index is 12.6. The number of carbonyl (C=O) groups is 1. The second-order valence-corrected chi connectivity index (χ2v) is 6.99. The number of benzene rings is 2. The largest absolute Gasteiger partial charge is 0.455 e. The summed E-state index contributed by atoms with van der Waals surface area (Å²) in [5, 5.41) is 3.06. The molecule has 2 aromatic carbocycles. The summed E-state index contributed by atoms with van der Waals surface area (Å²) in [5.41, 5.74) is 3.04. The van der Waals surface area contributed by atoms with Crippen LogP contribution in [0.25, 0.3) is 0 Å². The van der Waals surface area contributed by atoms with E-state index in [4.69, 9.17) is 4.74 Å². The average Bonchev–Trinajstić information content (AvgIpc) is 2.56. The predicted molar refractivity (Wildman–Crippen MR) is 101 cm³/mol. The number of ether oxygens (including phenoxy) is 1. The quantitative estimate of drug-likeness (QED) is 0.900. The fraction of sp³-hybridized carbons (Fsp3) is 0.381. The van der Waals surface area contributed by atoms with Gasteiger partial charge in [0.05, 0.1) is 5.69 Å². The maximum absolute atomic E-state index is 12.6. The standard InChI is InChI=1S/C21H26N2O2/c1-15-12-16(2)14-18(13-15)25-20-7-5-4-6-19(20)22-21(24)17-8-10-23(3)11-9-17/h4-7,12-14,17H,8-11H2,1-3H3,(H,22,24). The average molecular weight is 338 g/mol. The van der Waals surface area contributed by atoms with Gasteiger partial charge >= 0.3 is 0 Å². The number of aryl methyl sites for hydroxylation is 2. The van der Waals surface area contributed by atoms with Crippen LogP contribution in [0.15, 0.2) is 42.5 Å². The van der Waals surface area contributed by atoms with Gasteiger partial charge in [-0.3, -0.25) is 4.79 Å². The van der Waals surface area contributed by atoms with Crippen molar-refractivity contribution < 1.29 is 9.53 Å². The van der Waals surface area contributed by atoms with Gasteiger partial charge in [0.1, 0.15) is 5.75 Å². The third-order valence-corrected chi connectivity index (χ3v) is 4.66. The Labute approximate surface area is 149 Å². The van der Waals surface area contributed by atoms with Gasteiger partial charge in [0.2, 0.25) is 5.91 Å². The minimum Gasteiger partial charge on any atom is -0.455 e. The van der Waals surface area contributed by atoms with E-state index in [1.807, 2.05) is 50.2 Å². The Morgan fingerprint density at radius 2 is 1.72 bits per heavy atom. The molecular weight excluding hydrogens is 312 g/mol. The molecule has 0 aromatic heterocycles. The molecule has 1 N–H and O–H groups in total. The van der Waals surface area contributed by atoms with Crippen molar-refractivity contribution in [2.24, 2.45) is 5.92 Å². The van der Waals surface area contributed by atoms with Gasteiger partial charge in [-0.15, -0.1) is 0 Å². The van der Waals surface area contributed by atoms with Crippen LogP contribution in [0.4, 0.5) is 5.69 Å². The predicted octanol–water partition coefficient (Wildman–Crippen LogP) is 4.38. The Bertz CT molecular complexity index is 729. The van der Waals surface area contributed by atoms with E-state index in [0.29, 0.717) is 5.75 Å². The van der Waals surface area contributed by atoms with Gasteiger partial charge in [-0.05, 0) is 82.2 Å². The van der Waals surface area contributed by atoms with Crippen LogP contribution < -0.4 is 10.1 Å². The number of anilines is 1. The topological polar surface area (TPSA) is 41.6 Å². The molecule has 4 nitrogen and oxygen atoms in total. The summed E-state index contributed by atoms with van der Waals surface area (Å²) in [6.45, 7) is 6.04. The number of carbonyl (C=O) groups excluding carboxylic acids is 1. The summed E-state index contributed by atoms with van der Waals surface area (Å²) in [6.07, 6.45) is 1.81. The van der Waals surface area contributed by atoms with E-state index in [2.05, 4.69) is 23.3 Å². The van der Waals surface area contributed by atoms with Crippen LogP contribution >= 0.6 is 0 Å². The van der Waals surface area contributed by atoms with E-state index in [1.165, 1.54) is 0 Å². The molecule has 0 unspecified atom stereocenters. The van der Waals surface area contributed by atoms with Crippen LogP contribution in [0, 0.1) is 19.8 Å². The van der Waals surface area contributed by atoms with E-state index in [1.54, 1.807) is 0 Å². The molecule has 1 amide bonds. The summed E-state index contributed by atoms with van der Waals surface area (Å²) in [4.78, 5) is 14.9. The van der Waals surface area contributed by atoms with Gasteiger partial charge in [-0.25, -0.2) is 0 Å². The Balaban J connectivity index is 1.73. The zero-order valence-corrected chi connectivity index (χ0v) is 15.2. The number of likely N-dealkylation sites (tertiary alicyclic amines) is 1. The van der Waals surface area contributed by atoms with Crippen LogP contribution in [0.3, 0.4) is 0 Å². The summed E-state index contributed by atoms with van der Waals surface area (Å²) in [6, 6.07) is 13.7. The van der Waals surface area contributed by atoms with E-state index in [9.17, 15) is 4.79 Å². The zero-order valence-electron chi connectivity index (χ0n) is 15.2. The van der Waals surface area contributed by atoms with Crippen LogP contribution in [0.2, 0.25) is 0 Å². The number of nitrogens with zero attached hydrogens (tertiary/aromatic N) is 1. The first kappa shape index (κ1) is 17.5. The zero-order chi connectivity index (χ0) is 17.8. The number of piperidine rings is 1. The number of rotatable bonds is 4. The molecule has 0 spiro atoms. The Hall–Kier alpha value is -2.33. The molecule has 0 saturated carbocycles. The van der Waals surface area contributed by atoms with Crippen LogP contribution in [-0.4, -0.2) is 30.9 Å². The minimum absolute atomic E-state index is 0.0745. The number of nitrogens with one attached hydrogen (secondary N) is 1. The lowest BCUT2D eigenvalue weighted by atomic mass is 9.96. The van der Waals surface area contributed by atoms with E-state index >= 15 is 0 Å². The highest BCUT2D eigenvalue weighted by Gasteiger charge is 2.24. The van der Waals surface area contributed by atoms with Crippen molar-refractivity contribution >= 4 is 11.6 Å². The second kappa shape index (κ2) is 7.70. The van der Waals surface area contributed by atoms with Gasteiger partial charge < -0.3 is 15.0 Å². The molecule has 2 aromatic rings. The Morgan fingerprint density at radius 3 is 2.40 bits per heavy atom. The van der Waals surface area contributed by atoms with Gasteiger partial charge in [0, 0.05) is 5.92 Å². The molecule has 1 saturated heterocycles. The smallest absolute Gasteiger partial charge is 0.227 e. The van der Waals surface area contributed by atoms with E-state index < -0.39 is 0 Å². The highest BCUT2D eigenvalue weighted by Crippen LogP contribution is 2.31. The molecule has 3 rings (SSSR count). The summed E-state index contributed by atoms with van der Waals surface area (Å²) in [5.74, 6) is 1.63. The SMILES string of the molecule is Cc1cc(C)cc(Oc2ccccc2NC(=O)C2CCN(C)CC2)c1. The molecule has 1 fully saturated rings. The number of hydrogen-bond acceptors (Lipinski definition) is 3. The molecule has 4 heteroatoms. The molecule has 1 aliphatic heterocycles. The first-order valence-electron chi connectivity index (χ1n) is 8.86. The molecule has 0 radical (unpaired) electrons. The highest BCUT2D eigenvalue weighted by atomic mass is 16.5. The van der Waals surface area contributed by atoms with Crippen molar-refractivity contribution in [3.8, 4) is 11.5 Å². The second-order valence-electron chi connectivity index (χ2n) is 6.99. The molecular formula is C21H26N2O2. The fourth-order valence-corrected chi connectivity index (χ4v) is 3.28. The van der Waals surface area contributed by atoms with Gasteiger partial charge in [0.15, 0.2) is 5.75 Å². The molecule has 0 bridgehead atoms. The third kappa shape index (κ3) is 4.60. The fourth-order valence-electron chi connectivity index (χ4n) is 3.28. The molecule has 0 aliphatic carbocycles. The summed E-state index contributed by atoms with van der Waals surface area (Å²) < 4.78 is 6.05. The van der Waals surface area contributed by atoms with Gasteiger partial charge in [0.25, 0.3) is 0 Å². The van der Waals surface area contributed by atoms with Crippen LogP contribution in [0.5, 0.6) is 11.5 Å². The molecule has 0 atom stereocenters. The lowest BCUT2D eigenvalue weighted by Crippen LogP contribution is -2.35. The lowest BCUT2D eigenvalue weighted by molar-refractivity contribution is -0.121. The van der Waals surface area contributed by atoms with Crippen molar-refractivity contribution in [2.75, 3.05) is 25.5 Å². The number of hydrogen-bond donors (Lipinski definition) is 1. The summed E-state index contributed by atoms with van der Waals surface area (Å²) in [7, 11) is 2.10. The van der Waals surface area contributed by atoms with Crippen LogP contribution in [0.1, 0.15) is 24.0 Å². The molecule has 132 valence electrons. The molecule has 1 heterocycles. The normalized spacial score (nSPS) is 15.8. The summed E-state index contributed by atoms with van der Waals surface area (Å²) >= 11 is 0.